The highest BCUT2D eigenvalue weighted by atomic mass is 32.2. The first-order chi connectivity index (χ1) is 51.9. The minimum atomic E-state index is -0.441. The third-order valence-electron chi connectivity index (χ3n) is 18.8. The number of ether oxygens (including phenoxy) is 3. The van der Waals surface area contributed by atoms with E-state index < -0.39 is 5.91 Å². The summed E-state index contributed by atoms with van der Waals surface area (Å²) >= 11 is 4.58. The van der Waals surface area contributed by atoms with E-state index in [9.17, 15) is 14.4 Å². The van der Waals surface area contributed by atoms with Gasteiger partial charge in [-0.15, -0.1) is 0 Å². The Morgan fingerprint density at radius 3 is 0.943 bits per heavy atom. The van der Waals surface area contributed by atoms with Gasteiger partial charge in [0.2, 0.25) is 41.4 Å². The Hall–Kier alpha value is -9.38. The molecule has 5 aliphatic rings. The standard InChI is InChI=1S/C29H36N6O2S.C28H34N6O2S.C23H25N5O2S/c1-33-16-18-35(19-17-33)29-30-20-26(28(32-29)37-21-23-8-4-2-5-9-23)38-25-12-10-24(11-13-25)27(36)31-22-34-14-6-3-7-15-34;1-32-15-17-34(18-16-32)28-29-19-25(27(31-28)36-20-22-7-3-2-4-8-22)37-24-11-9-23(10-12-24)26(35)30-21-33-13-5-6-14-33;1-27-11-13-28(14-12-27)23-25-15-20(31-19-9-7-18(8-10-19)21(24)29)22(26-23)30-16-17-5-3-2-4-6-17/h2,4-5,8-13,20H,3,6-7,14-19,21-22H2,1H3,(H,31,36);2-4,7-12,19H,5-6,13-18,20-21H2,1H3,(H,30,35);2-10,15H,11-14,16H2,1H3,(H2,24,29). The molecule has 0 unspecified atom stereocenters. The number of nitrogens with one attached hydrogen (secondary N) is 2. The van der Waals surface area contributed by atoms with Crippen molar-refractivity contribution < 1.29 is 28.6 Å². The molecule has 14 rings (SSSR count). The van der Waals surface area contributed by atoms with Crippen LogP contribution in [0.1, 0.15) is 79.9 Å². The van der Waals surface area contributed by atoms with Gasteiger partial charge in [-0.2, -0.15) is 15.0 Å². The van der Waals surface area contributed by atoms with Gasteiger partial charge < -0.3 is 60.0 Å². The van der Waals surface area contributed by atoms with Crippen LogP contribution in [0.25, 0.3) is 0 Å². The first kappa shape index (κ1) is 76.3. The Labute approximate surface area is 635 Å². The van der Waals surface area contributed by atoms with Crippen LogP contribution in [0.5, 0.6) is 17.6 Å². The van der Waals surface area contributed by atoms with Crippen LogP contribution in [0.2, 0.25) is 0 Å². The van der Waals surface area contributed by atoms with Crippen LogP contribution in [0, 0.1) is 0 Å². The predicted octanol–water partition coefficient (Wildman–Crippen LogP) is 10.9. The first-order valence-electron chi connectivity index (χ1n) is 36.4. The van der Waals surface area contributed by atoms with Crippen LogP contribution in [0.15, 0.2) is 212 Å². The summed E-state index contributed by atoms with van der Waals surface area (Å²) in [6.45, 7) is 18.0. The number of benzene rings is 6. The topological polar surface area (TPSA) is 232 Å². The molecule has 0 radical (unpaired) electrons. The lowest BCUT2D eigenvalue weighted by Crippen LogP contribution is -2.45. The number of likely N-dealkylation sites (N-methyl/N-ethyl adjacent to an activating group) is 3. The summed E-state index contributed by atoms with van der Waals surface area (Å²) in [6, 6.07) is 52.7. The maximum atomic E-state index is 12.6. The Kier molecular flexibility index (Phi) is 28.3. The Morgan fingerprint density at radius 1 is 0.368 bits per heavy atom. The molecule has 3 aromatic heterocycles. The van der Waals surface area contributed by atoms with Crippen molar-refractivity contribution >= 4 is 70.9 Å². The van der Waals surface area contributed by atoms with Gasteiger partial charge in [-0.05, 0) is 162 Å². The third-order valence-corrected chi connectivity index (χ3v) is 21.8. The van der Waals surface area contributed by atoms with Gasteiger partial charge in [0.25, 0.3) is 11.8 Å². The number of carbonyl (C=O) groups is 3. The molecule has 5 aliphatic heterocycles. The van der Waals surface area contributed by atoms with Gasteiger partial charge in [-0.25, -0.2) is 15.0 Å². The number of piperidine rings is 1. The van der Waals surface area contributed by atoms with Gasteiger partial charge >= 0.3 is 0 Å². The zero-order chi connectivity index (χ0) is 73.2. The summed E-state index contributed by atoms with van der Waals surface area (Å²) in [5, 5.41) is 6.08. The smallest absolute Gasteiger partial charge is 0.252 e. The van der Waals surface area contributed by atoms with E-state index in [0.29, 0.717) is 85.3 Å². The lowest BCUT2D eigenvalue weighted by molar-refractivity contribution is 0.0910. The van der Waals surface area contributed by atoms with E-state index in [1.807, 2.05) is 170 Å². The van der Waals surface area contributed by atoms with E-state index in [-0.39, 0.29) is 11.8 Å². The summed E-state index contributed by atoms with van der Waals surface area (Å²) in [6.07, 6.45) is 11.6. The fourth-order valence-corrected chi connectivity index (χ4v) is 14.7. The average molecular weight is 1490 g/mol. The van der Waals surface area contributed by atoms with Crippen molar-refractivity contribution in [1.82, 2.24) is 65.0 Å². The van der Waals surface area contributed by atoms with Crippen LogP contribution < -0.4 is 45.3 Å². The normalized spacial score (nSPS) is 16.0. The molecule has 0 aliphatic carbocycles. The van der Waals surface area contributed by atoms with Crippen LogP contribution in [-0.2, 0) is 19.8 Å². The number of rotatable bonds is 25. The number of likely N-dealkylation sites (tertiary alicyclic amines) is 2. The van der Waals surface area contributed by atoms with Gasteiger partial charge in [0, 0.05) is 110 Å². The number of hydrogen-bond donors (Lipinski definition) is 3. The van der Waals surface area contributed by atoms with Crippen molar-refractivity contribution in [2.24, 2.45) is 5.73 Å². The van der Waals surface area contributed by atoms with Crippen LogP contribution in [-0.4, -0.2) is 211 Å². The quantitative estimate of drug-likeness (QED) is 0.0483. The molecule has 26 heteroatoms. The largest absolute Gasteiger partial charge is 0.472 e. The summed E-state index contributed by atoms with van der Waals surface area (Å²) in [5.74, 6) is 3.26. The highest BCUT2D eigenvalue weighted by Gasteiger charge is 2.24. The zero-order valence-corrected chi connectivity index (χ0v) is 63.2. The van der Waals surface area contributed by atoms with Crippen LogP contribution in [0.3, 0.4) is 0 Å². The minimum Gasteiger partial charge on any atom is -0.472 e. The number of amides is 3. The minimum absolute atomic E-state index is 0.0427. The number of anilines is 3. The predicted molar refractivity (Wildman–Crippen MR) is 419 cm³/mol. The SMILES string of the molecule is CN1CCN(c2ncc(Sc3ccc(C(=O)NCN4CCCC4)cc3)c(OCc3ccccc3)n2)CC1.CN1CCN(c2ncc(Sc3ccc(C(=O)NCN4CCCCC4)cc3)c(OCc3ccccc3)n2)CC1.CN1CCN(c2ncc(Sc3ccc(C(N)=O)cc3)c(OCc3ccccc3)n2)CC1. The van der Waals surface area contributed by atoms with Gasteiger partial charge in [0.1, 0.15) is 19.8 Å². The van der Waals surface area contributed by atoms with E-state index in [1.54, 1.807) is 35.7 Å². The maximum Gasteiger partial charge on any atom is 0.252 e. The fraction of sp³-hybridized carbons (Fsp3) is 0.362. The number of primary amides is 1. The third kappa shape index (κ3) is 23.1. The molecule has 4 N–H and O–H groups in total. The van der Waals surface area contributed by atoms with Crippen molar-refractivity contribution in [1.29, 1.82) is 0 Å². The molecule has 0 atom stereocenters. The van der Waals surface area contributed by atoms with Gasteiger partial charge in [0.15, 0.2) is 0 Å². The summed E-state index contributed by atoms with van der Waals surface area (Å²) in [5.41, 5.74) is 10.4. The number of hydrogen-bond acceptors (Lipinski definition) is 23. The van der Waals surface area contributed by atoms with E-state index in [4.69, 9.17) is 34.9 Å². The fourth-order valence-electron chi connectivity index (χ4n) is 12.3. The van der Waals surface area contributed by atoms with E-state index in [2.05, 4.69) is 85.9 Å². The Balaban J connectivity index is 0.000000150. The van der Waals surface area contributed by atoms with Gasteiger partial charge in [-0.1, -0.05) is 133 Å². The highest BCUT2D eigenvalue weighted by molar-refractivity contribution is 8.00. The molecule has 106 heavy (non-hydrogen) atoms. The molecule has 23 nitrogen and oxygen atoms in total. The second-order valence-electron chi connectivity index (χ2n) is 26.8. The van der Waals surface area contributed by atoms with Crippen LogP contribution >= 0.6 is 35.3 Å². The second kappa shape index (κ2) is 39.3. The van der Waals surface area contributed by atoms with Gasteiger partial charge in [-0.3, -0.25) is 24.2 Å². The van der Waals surface area contributed by atoms with E-state index >= 15 is 0 Å². The van der Waals surface area contributed by atoms with Crippen molar-refractivity contribution in [3.05, 3.63) is 216 Å². The van der Waals surface area contributed by atoms with E-state index in [1.165, 1.54) is 43.9 Å². The molecule has 0 spiro atoms. The second-order valence-corrected chi connectivity index (χ2v) is 30.1. The highest BCUT2D eigenvalue weighted by Crippen LogP contribution is 2.38. The molecule has 5 saturated heterocycles. The van der Waals surface area contributed by atoms with Crippen molar-refractivity contribution in [3.63, 3.8) is 0 Å². The Bertz CT molecular complexity index is 4220. The molecule has 0 saturated carbocycles. The van der Waals surface area contributed by atoms with Gasteiger partial charge in [0.05, 0.1) is 46.6 Å². The van der Waals surface area contributed by atoms with Crippen molar-refractivity contribution in [2.75, 3.05) is 154 Å². The summed E-state index contributed by atoms with van der Waals surface area (Å²) < 4.78 is 18.6. The number of aromatic nitrogens is 6. The molecule has 554 valence electrons. The molecule has 9 aromatic rings. The van der Waals surface area contributed by atoms with Crippen molar-refractivity contribution in [2.45, 2.75) is 81.3 Å². The lowest BCUT2D eigenvalue weighted by atomic mass is 10.1. The Morgan fingerprint density at radius 2 is 0.651 bits per heavy atom. The van der Waals surface area contributed by atoms with Crippen LogP contribution in [0.4, 0.5) is 17.8 Å². The summed E-state index contributed by atoms with van der Waals surface area (Å²) in [4.78, 5) is 88.4. The average Bonchev–Trinajstić information content (AvgIpc) is 0.990. The zero-order valence-electron chi connectivity index (χ0n) is 60.7. The number of carbonyl (C=O) groups excluding carboxylic acids is 3. The maximum absolute atomic E-state index is 12.6. The van der Waals surface area contributed by atoms with Crippen molar-refractivity contribution in [3.8, 4) is 17.6 Å². The monoisotopic (exact) mass is 1490 g/mol. The summed E-state index contributed by atoms with van der Waals surface area (Å²) in [7, 11) is 6.39. The molecule has 6 aromatic carbocycles. The molecular formula is C80H95N17O6S3. The number of nitrogens with two attached hydrogens (primary N) is 1. The molecule has 5 fully saturated rings. The number of piperazine rings is 3. The molecule has 0 bridgehead atoms. The molecular weight excluding hydrogens is 1390 g/mol. The van der Waals surface area contributed by atoms with E-state index in [0.717, 1.165) is 151 Å². The lowest BCUT2D eigenvalue weighted by Gasteiger charge is -2.32. The molecule has 3 amide bonds. The first-order valence-corrected chi connectivity index (χ1v) is 38.9. The number of nitrogens with zero attached hydrogens (tertiary/aromatic N) is 14. The molecule has 8 heterocycles.